The number of anilines is 1. The van der Waals surface area contributed by atoms with Crippen molar-refractivity contribution in [3.05, 3.63) is 66.5 Å². The third kappa shape index (κ3) is 6.31. The number of piperidine rings is 1. The highest BCUT2D eigenvalue weighted by Crippen LogP contribution is 2.33. The van der Waals surface area contributed by atoms with Crippen molar-refractivity contribution in [1.29, 1.82) is 0 Å². The fourth-order valence-electron chi connectivity index (χ4n) is 5.07. The van der Waals surface area contributed by atoms with E-state index in [-0.39, 0.29) is 0 Å². The molecular weight excluding hydrogens is 436 g/mol. The van der Waals surface area contributed by atoms with E-state index < -0.39 is 0 Å². The second kappa shape index (κ2) is 11.5. The Bertz CT molecular complexity index is 1060. The molecule has 1 saturated heterocycles. The van der Waals surface area contributed by atoms with Crippen LogP contribution in [0.25, 0.3) is 11.4 Å². The normalized spacial score (nSPS) is 17.4. The summed E-state index contributed by atoms with van der Waals surface area (Å²) < 4.78 is 12.2. The highest BCUT2D eigenvalue weighted by atomic mass is 16.5. The highest BCUT2D eigenvalue weighted by Gasteiger charge is 2.21. The van der Waals surface area contributed by atoms with Crippen molar-refractivity contribution >= 4 is 5.69 Å². The zero-order valence-electron chi connectivity index (χ0n) is 20.7. The molecule has 6 heteroatoms. The van der Waals surface area contributed by atoms with Crippen LogP contribution in [0, 0.1) is 0 Å². The summed E-state index contributed by atoms with van der Waals surface area (Å²) in [5.41, 5.74) is 3.31. The first kappa shape index (κ1) is 23.6. The van der Waals surface area contributed by atoms with Crippen LogP contribution in [0.2, 0.25) is 0 Å². The lowest BCUT2D eigenvalue weighted by Gasteiger charge is -2.33. The highest BCUT2D eigenvalue weighted by molar-refractivity contribution is 5.55. The van der Waals surface area contributed by atoms with Crippen molar-refractivity contribution in [3.63, 3.8) is 0 Å². The molecule has 2 aromatic carbocycles. The summed E-state index contributed by atoms with van der Waals surface area (Å²) in [7, 11) is 0. The Morgan fingerprint density at radius 2 is 1.66 bits per heavy atom. The van der Waals surface area contributed by atoms with Gasteiger partial charge in [0.15, 0.2) is 17.3 Å². The van der Waals surface area contributed by atoms with Gasteiger partial charge in [0.2, 0.25) is 0 Å². The molecule has 2 heterocycles. The van der Waals surface area contributed by atoms with Crippen LogP contribution in [-0.2, 0) is 6.54 Å². The molecule has 6 nitrogen and oxygen atoms in total. The van der Waals surface area contributed by atoms with E-state index in [1.165, 1.54) is 18.4 Å². The first-order valence-corrected chi connectivity index (χ1v) is 13.1. The Hall–Kier alpha value is -3.12. The Morgan fingerprint density at radius 3 is 2.37 bits per heavy atom. The molecule has 2 aliphatic rings. The molecule has 5 rings (SSSR count). The van der Waals surface area contributed by atoms with E-state index in [4.69, 9.17) is 9.47 Å². The van der Waals surface area contributed by atoms with E-state index in [9.17, 15) is 0 Å². The monoisotopic (exact) mass is 472 g/mol. The molecule has 2 fully saturated rings. The molecule has 35 heavy (non-hydrogen) atoms. The number of rotatable bonds is 9. The van der Waals surface area contributed by atoms with Crippen molar-refractivity contribution in [2.45, 2.75) is 64.1 Å². The molecule has 1 aliphatic carbocycles. The fraction of sp³-hybridized carbons (Fsp3) is 0.448. The minimum Gasteiger partial charge on any atom is -0.490 e. The minimum absolute atomic E-state index is 0.339. The summed E-state index contributed by atoms with van der Waals surface area (Å²) in [5, 5.41) is 3.62. The molecule has 184 valence electrons. The molecule has 0 bridgehead atoms. The van der Waals surface area contributed by atoms with E-state index in [0.29, 0.717) is 18.8 Å². The number of ether oxygens (including phenoxy) is 2. The van der Waals surface area contributed by atoms with Gasteiger partial charge in [-0.3, -0.25) is 4.90 Å². The summed E-state index contributed by atoms with van der Waals surface area (Å²) in [6.45, 7) is 5.74. The molecule has 0 unspecified atom stereocenters. The summed E-state index contributed by atoms with van der Waals surface area (Å²) in [5.74, 6) is 2.54. The average Bonchev–Trinajstić information content (AvgIpc) is 3.41. The number of aromatic nitrogens is 2. The zero-order chi connectivity index (χ0) is 23.9. The molecule has 1 N–H and O–H groups in total. The predicted octanol–water partition coefficient (Wildman–Crippen LogP) is 5.94. The number of benzene rings is 2. The van der Waals surface area contributed by atoms with E-state index in [1.54, 1.807) is 0 Å². The number of likely N-dealkylation sites (tertiary alicyclic amines) is 1. The van der Waals surface area contributed by atoms with Gasteiger partial charge < -0.3 is 14.8 Å². The quantitative estimate of drug-likeness (QED) is 0.416. The van der Waals surface area contributed by atoms with Crippen LogP contribution in [0.1, 0.15) is 51.0 Å². The van der Waals surface area contributed by atoms with Crippen LogP contribution in [0.3, 0.4) is 0 Å². The summed E-state index contributed by atoms with van der Waals surface area (Å²) in [4.78, 5) is 11.6. The van der Waals surface area contributed by atoms with Gasteiger partial charge in [-0.1, -0.05) is 36.4 Å². The molecule has 0 spiro atoms. The molecule has 1 aliphatic heterocycles. The van der Waals surface area contributed by atoms with Crippen LogP contribution in [-0.4, -0.2) is 46.7 Å². The van der Waals surface area contributed by atoms with Gasteiger partial charge in [-0.05, 0) is 63.1 Å². The minimum atomic E-state index is 0.339. The van der Waals surface area contributed by atoms with Gasteiger partial charge in [-0.2, -0.15) is 0 Å². The first-order chi connectivity index (χ1) is 17.3. The fourth-order valence-corrected chi connectivity index (χ4v) is 5.07. The van der Waals surface area contributed by atoms with Gasteiger partial charge in [0.05, 0.1) is 30.8 Å². The largest absolute Gasteiger partial charge is 0.490 e. The van der Waals surface area contributed by atoms with E-state index >= 15 is 0 Å². The SMILES string of the molecule is CCOc1cc(CN2CCC(Nc3cnc(-c4ccccc4)nc3)CC2)ccc1OC1CCCC1. The van der Waals surface area contributed by atoms with Crippen LogP contribution in [0.15, 0.2) is 60.9 Å². The van der Waals surface area contributed by atoms with Gasteiger partial charge in [0.25, 0.3) is 0 Å². The zero-order valence-corrected chi connectivity index (χ0v) is 20.7. The predicted molar refractivity (Wildman–Crippen MR) is 140 cm³/mol. The second-order valence-corrected chi connectivity index (χ2v) is 9.59. The summed E-state index contributed by atoms with van der Waals surface area (Å²) in [6.07, 6.45) is 11.2. The maximum absolute atomic E-state index is 6.25. The number of nitrogens with zero attached hydrogens (tertiary/aromatic N) is 3. The Morgan fingerprint density at radius 1 is 0.914 bits per heavy atom. The van der Waals surface area contributed by atoms with E-state index in [2.05, 4.69) is 38.4 Å². The molecule has 1 aromatic heterocycles. The lowest BCUT2D eigenvalue weighted by atomic mass is 10.0. The van der Waals surface area contributed by atoms with E-state index in [1.807, 2.05) is 49.6 Å². The lowest BCUT2D eigenvalue weighted by molar-refractivity contribution is 0.195. The van der Waals surface area contributed by atoms with Gasteiger partial charge in [0, 0.05) is 31.2 Å². The van der Waals surface area contributed by atoms with Crippen LogP contribution in [0.4, 0.5) is 5.69 Å². The van der Waals surface area contributed by atoms with Crippen LogP contribution >= 0.6 is 0 Å². The van der Waals surface area contributed by atoms with Crippen molar-refractivity contribution in [1.82, 2.24) is 14.9 Å². The van der Waals surface area contributed by atoms with Crippen molar-refractivity contribution in [3.8, 4) is 22.9 Å². The molecule has 0 amide bonds. The van der Waals surface area contributed by atoms with Gasteiger partial charge >= 0.3 is 0 Å². The van der Waals surface area contributed by atoms with Crippen LogP contribution in [0.5, 0.6) is 11.5 Å². The Balaban J connectivity index is 1.12. The lowest BCUT2D eigenvalue weighted by Crippen LogP contribution is -2.38. The van der Waals surface area contributed by atoms with Crippen molar-refractivity contribution in [2.75, 3.05) is 25.0 Å². The third-order valence-corrected chi connectivity index (χ3v) is 6.95. The van der Waals surface area contributed by atoms with Gasteiger partial charge in [0.1, 0.15) is 0 Å². The van der Waals surface area contributed by atoms with Gasteiger partial charge in [-0.25, -0.2) is 9.97 Å². The standard InChI is InChI=1S/C29H36N4O2/c1-2-34-28-18-22(12-13-27(28)35-26-10-6-7-11-26)21-33-16-14-24(15-17-33)32-25-19-30-29(31-20-25)23-8-4-3-5-9-23/h3-5,8-9,12-13,18-20,24,26,32H,2,6-7,10-11,14-17,21H2,1H3. The Labute approximate surface area is 208 Å². The molecule has 0 atom stereocenters. The number of hydrogen-bond donors (Lipinski definition) is 1. The van der Waals surface area contributed by atoms with Crippen LogP contribution < -0.4 is 14.8 Å². The molecule has 0 radical (unpaired) electrons. The molecule has 1 saturated carbocycles. The van der Waals surface area contributed by atoms with E-state index in [0.717, 1.165) is 73.9 Å². The van der Waals surface area contributed by atoms with Crippen molar-refractivity contribution < 1.29 is 9.47 Å². The average molecular weight is 473 g/mol. The first-order valence-electron chi connectivity index (χ1n) is 13.1. The number of nitrogens with one attached hydrogen (secondary N) is 1. The summed E-state index contributed by atoms with van der Waals surface area (Å²) >= 11 is 0. The third-order valence-electron chi connectivity index (χ3n) is 6.95. The smallest absolute Gasteiger partial charge is 0.161 e. The molecule has 3 aromatic rings. The maximum atomic E-state index is 6.25. The maximum Gasteiger partial charge on any atom is 0.161 e. The topological polar surface area (TPSA) is 59.5 Å². The molecular formula is C29H36N4O2. The van der Waals surface area contributed by atoms with Crippen molar-refractivity contribution in [2.24, 2.45) is 0 Å². The summed E-state index contributed by atoms with van der Waals surface area (Å²) in [6, 6.07) is 17.0. The van der Waals surface area contributed by atoms with Gasteiger partial charge in [-0.15, -0.1) is 0 Å². The number of hydrogen-bond acceptors (Lipinski definition) is 6. The second-order valence-electron chi connectivity index (χ2n) is 9.59. The Kier molecular flexibility index (Phi) is 7.79.